The zero-order valence-corrected chi connectivity index (χ0v) is 9.27. The van der Waals surface area contributed by atoms with Crippen LogP contribution in [0.5, 0.6) is 0 Å². The molecule has 14 heavy (non-hydrogen) atoms. The summed E-state index contributed by atoms with van der Waals surface area (Å²) >= 11 is 3.11. The maximum atomic E-state index is 13.3. The van der Waals surface area contributed by atoms with Crippen LogP contribution in [0.3, 0.4) is 0 Å². The van der Waals surface area contributed by atoms with E-state index >= 15 is 0 Å². The van der Waals surface area contributed by atoms with Crippen LogP contribution >= 0.6 is 15.9 Å². The Kier molecular flexibility index (Phi) is 3.63. The molecule has 76 valence electrons. The predicted octanol–water partition coefficient (Wildman–Crippen LogP) is 2.91. The molecule has 0 aliphatic heterocycles. The smallest absolute Gasteiger partial charge is 0.303 e. The van der Waals surface area contributed by atoms with Gasteiger partial charge in [-0.25, -0.2) is 4.39 Å². The molecule has 1 aromatic rings. The van der Waals surface area contributed by atoms with Gasteiger partial charge in [-0.3, -0.25) is 4.79 Å². The molecule has 0 aliphatic rings. The number of aliphatic carboxylic acids is 1. The molecule has 0 saturated heterocycles. The quantitative estimate of drug-likeness (QED) is 0.908. The van der Waals surface area contributed by atoms with Crippen LogP contribution in [0.15, 0.2) is 16.6 Å². The second-order valence-electron chi connectivity index (χ2n) is 3.06. The van der Waals surface area contributed by atoms with Crippen molar-refractivity contribution in [3.63, 3.8) is 0 Å². The molecule has 1 N–H and O–H groups in total. The van der Waals surface area contributed by atoms with Gasteiger partial charge in [-0.15, -0.1) is 0 Å². The van der Waals surface area contributed by atoms with Crippen LogP contribution in [-0.2, 0) is 11.2 Å². The first-order valence-corrected chi connectivity index (χ1v) is 4.97. The number of hydrogen-bond donors (Lipinski definition) is 1. The van der Waals surface area contributed by atoms with E-state index in [0.717, 1.165) is 0 Å². The van der Waals surface area contributed by atoms with E-state index in [4.69, 9.17) is 5.11 Å². The molecule has 0 amide bonds. The Labute approximate surface area is 89.9 Å². The normalized spacial score (nSPS) is 10.2. The lowest BCUT2D eigenvalue weighted by atomic mass is 10.1. The van der Waals surface area contributed by atoms with Crippen molar-refractivity contribution in [3.05, 3.63) is 33.5 Å². The first kappa shape index (κ1) is 11.2. The molecule has 1 aromatic carbocycles. The molecule has 0 aromatic heterocycles. The molecule has 0 saturated carbocycles. The highest BCUT2D eigenvalue weighted by molar-refractivity contribution is 9.10. The third kappa shape index (κ3) is 2.54. The van der Waals surface area contributed by atoms with Crippen LogP contribution in [0.2, 0.25) is 0 Å². The van der Waals surface area contributed by atoms with Gasteiger partial charge in [0.05, 0.1) is 4.47 Å². The summed E-state index contributed by atoms with van der Waals surface area (Å²) in [6.07, 6.45) is 0.355. The van der Waals surface area contributed by atoms with Gasteiger partial charge in [-0.1, -0.05) is 12.1 Å². The van der Waals surface area contributed by atoms with Crippen molar-refractivity contribution in [2.75, 3.05) is 0 Å². The van der Waals surface area contributed by atoms with E-state index in [2.05, 4.69) is 15.9 Å². The summed E-state index contributed by atoms with van der Waals surface area (Å²) in [5.41, 5.74) is 1.24. The third-order valence-electron chi connectivity index (χ3n) is 1.96. The highest BCUT2D eigenvalue weighted by Gasteiger charge is 2.09. The van der Waals surface area contributed by atoms with E-state index in [0.29, 0.717) is 22.0 Å². The number of aryl methyl sites for hydroxylation is 2. The number of hydrogen-bond acceptors (Lipinski definition) is 1. The molecule has 0 radical (unpaired) electrons. The Morgan fingerprint density at radius 3 is 2.79 bits per heavy atom. The summed E-state index contributed by atoms with van der Waals surface area (Å²) in [7, 11) is 0. The van der Waals surface area contributed by atoms with Crippen LogP contribution in [0, 0.1) is 12.7 Å². The van der Waals surface area contributed by atoms with E-state index in [-0.39, 0.29) is 12.2 Å². The minimum absolute atomic E-state index is 0.0150. The number of halogens is 2. The Morgan fingerprint density at radius 2 is 2.21 bits per heavy atom. The van der Waals surface area contributed by atoms with Gasteiger partial charge in [-0.05, 0) is 40.4 Å². The van der Waals surface area contributed by atoms with Crippen molar-refractivity contribution in [1.29, 1.82) is 0 Å². The van der Waals surface area contributed by atoms with Gasteiger partial charge in [0.25, 0.3) is 0 Å². The molecule has 0 aliphatic carbocycles. The SMILES string of the molecule is Cc1ccc(CCC(=O)O)c(Br)c1F. The van der Waals surface area contributed by atoms with Gasteiger partial charge in [0.2, 0.25) is 0 Å². The summed E-state index contributed by atoms with van der Waals surface area (Å²) < 4.78 is 13.7. The summed E-state index contributed by atoms with van der Waals surface area (Å²) in [4.78, 5) is 10.3. The van der Waals surface area contributed by atoms with Crippen LogP contribution < -0.4 is 0 Å². The molecule has 2 nitrogen and oxygen atoms in total. The standard InChI is InChI=1S/C10H10BrFO2/c1-6-2-3-7(4-5-8(13)14)9(11)10(6)12/h2-3H,4-5H2,1H3,(H,13,14). The average Bonchev–Trinajstić information content (AvgIpc) is 2.13. The summed E-state index contributed by atoms with van der Waals surface area (Å²) in [5, 5.41) is 8.48. The topological polar surface area (TPSA) is 37.3 Å². The largest absolute Gasteiger partial charge is 0.481 e. The Hall–Kier alpha value is -0.900. The number of carbonyl (C=O) groups is 1. The number of rotatable bonds is 3. The van der Waals surface area contributed by atoms with Crippen molar-refractivity contribution in [2.45, 2.75) is 19.8 Å². The van der Waals surface area contributed by atoms with Gasteiger partial charge in [-0.2, -0.15) is 0 Å². The van der Waals surface area contributed by atoms with Gasteiger partial charge in [0, 0.05) is 6.42 Å². The fourth-order valence-electron chi connectivity index (χ4n) is 1.12. The maximum Gasteiger partial charge on any atom is 0.303 e. The van der Waals surface area contributed by atoms with Crippen LogP contribution in [-0.4, -0.2) is 11.1 Å². The second-order valence-corrected chi connectivity index (χ2v) is 3.86. The van der Waals surface area contributed by atoms with Gasteiger partial charge in [0.15, 0.2) is 0 Å². The molecule has 1 rings (SSSR count). The van der Waals surface area contributed by atoms with Crippen molar-refractivity contribution >= 4 is 21.9 Å². The zero-order chi connectivity index (χ0) is 10.7. The predicted molar refractivity (Wildman–Crippen MR) is 54.8 cm³/mol. The summed E-state index contributed by atoms with van der Waals surface area (Å²) in [6, 6.07) is 3.39. The summed E-state index contributed by atoms with van der Waals surface area (Å²) in [6.45, 7) is 1.67. The first-order valence-electron chi connectivity index (χ1n) is 4.17. The van der Waals surface area contributed by atoms with Crippen LogP contribution in [0.1, 0.15) is 17.5 Å². The average molecular weight is 261 g/mol. The minimum atomic E-state index is -0.877. The molecule has 0 unspecified atom stereocenters. The van der Waals surface area contributed by atoms with Crippen LogP contribution in [0.25, 0.3) is 0 Å². The molecular weight excluding hydrogens is 251 g/mol. The molecule has 0 heterocycles. The second kappa shape index (κ2) is 4.55. The van der Waals surface area contributed by atoms with Gasteiger partial charge >= 0.3 is 5.97 Å². The first-order chi connectivity index (χ1) is 6.52. The molecule has 4 heteroatoms. The number of benzene rings is 1. The lowest BCUT2D eigenvalue weighted by molar-refractivity contribution is -0.136. The highest BCUT2D eigenvalue weighted by atomic mass is 79.9. The molecule has 0 fully saturated rings. The lowest BCUT2D eigenvalue weighted by Crippen LogP contribution is -1.99. The zero-order valence-electron chi connectivity index (χ0n) is 7.68. The third-order valence-corrected chi connectivity index (χ3v) is 2.82. The molecule has 0 atom stereocenters. The molecule has 0 spiro atoms. The Morgan fingerprint density at radius 1 is 1.57 bits per heavy atom. The molecular formula is C10H10BrFO2. The number of carboxylic acids is 1. The Balaban J connectivity index is 2.88. The van der Waals surface area contributed by atoms with Crippen molar-refractivity contribution in [1.82, 2.24) is 0 Å². The minimum Gasteiger partial charge on any atom is -0.481 e. The van der Waals surface area contributed by atoms with E-state index in [1.54, 1.807) is 19.1 Å². The van der Waals surface area contributed by atoms with Crippen molar-refractivity contribution in [3.8, 4) is 0 Å². The van der Waals surface area contributed by atoms with Gasteiger partial charge < -0.3 is 5.11 Å². The fourth-order valence-corrected chi connectivity index (χ4v) is 1.76. The van der Waals surface area contributed by atoms with Gasteiger partial charge in [0.1, 0.15) is 5.82 Å². The maximum absolute atomic E-state index is 13.3. The summed E-state index contributed by atoms with van der Waals surface area (Å²) in [5.74, 6) is -1.19. The van der Waals surface area contributed by atoms with Crippen molar-refractivity contribution < 1.29 is 14.3 Å². The van der Waals surface area contributed by atoms with Crippen molar-refractivity contribution in [2.24, 2.45) is 0 Å². The Bertz CT molecular complexity index is 363. The van der Waals surface area contributed by atoms with E-state index < -0.39 is 5.97 Å². The monoisotopic (exact) mass is 260 g/mol. The van der Waals surface area contributed by atoms with E-state index in [1.807, 2.05) is 0 Å². The number of carboxylic acid groups (broad SMARTS) is 1. The molecule has 0 bridgehead atoms. The lowest BCUT2D eigenvalue weighted by Gasteiger charge is -2.05. The fraction of sp³-hybridized carbons (Fsp3) is 0.300. The highest BCUT2D eigenvalue weighted by Crippen LogP contribution is 2.24. The van der Waals surface area contributed by atoms with Crippen LogP contribution in [0.4, 0.5) is 4.39 Å². The van der Waals surface area contributed by atoms with E-state index in [9.17, 15) is 9.18 Å². The van der Waals surface area contributed by atoms with E-state index in [1.165, 1.54) is 0 Å².